The number of ketones is 1. The number of nitrogens with one attached hydrogen (secondary N) is 1. The minimum absolute atomic E-state index is 0.0489. The normalized spacial score (nSPS) is 10.9. The van der Waals surface area contributed by atoms with Crippen LogP contribution >= 0.6 is 15.9 Å². The SMILES string of the molecule is CC(=O)c1c(C)[nH]c2ccc(Br)c(O)c12. The smallest absolute Gasteiger partial charge is 0.162 e. The van der Waals surface area contributed by atoms with Gasteiger partial charge in [-0.2, -0.15) is 0 Å². The molecule has 1 heterocycles. The van der Waals surface area contributed by atoms with E-state index >= 15 is 0 Å². The predicted octanol–water partition coefficient (Wildman–Crippen LogP) is 3.15. The summed E-state index contributed by atoms with van der Waals surface area (Å²) in [4.78, 5) is 14.5. The van der Waals surface area contributed by atoms with Gasteiger partial charge in [-0.3, -0.25) is 4.79 Å². The van der Waals surface area contributed by atoms with E-state index in [9.17, 15) is 9.90 Å². The molecule has 2 aromatic rings. The van der Waals surface area contributed by atoms with Crippen molar-refractivity contribution < 1.29 is 9.90 Å². The van der Waals surface area contributed by atoms with Gasteiger partial charge in [-0.05, 0) is 41.9 Å². The number of hydrogen-bond donors (Lipinski definition) is 2. The number of aryl methyl sites for hydroxylation is 1. The van der Waals surface area contributed by atoms with Crippen molar-refractivity contribution >= 4 is 32.6 Å². The van der Waals surface area contributed by atoms with Gasteiger partial charge >= 0.3 is 0 Å². The van der Waals surface area contributed by atoms with E-state index in [4.69, 9.17) is 0 Å². The minimum atomic E-state index is -0.0489. The fourth-order valence-corrected chi connectivity index (χ4v) is 2.15. The minimum Gasteiger partial charge on any atom is -0.506 e. The Morgan fingerprint density at radius 3 is 2.73 bits per heavy atom. The van der Waals surface area contributed by atoms with Crippen LogP contribution < -0.4 is 0 Å². The lowest BCUT2D eigenvalue weighted by Crippen LogP contribution is -1.93. The zero-order valence-corrected chi connectivity index (χ0v) is 9.97. The quantitative estimate of drug-likeness (QED) is 0.780. The Bertz CT molecular complexity index is 557. The molecule has 2 rings (SSSR count). The van der Waals surface area contributed by atoms with E-state index in [1.807, 2.05) is 13.0 Å². The molecule has 0 aliphatic carbocycles. The van der Waals surface area contributed by atoms with Crippen molar-refractivity contribution in [1.82, 2.24) is 4.98 Å². The van der Waals surface area contributed by atoms with Crippen molar-refractivity contribution in [1.29, 1.82) is 0 Å². The van der Waals surface area contributed by atoms with E-state index in [1.54, 1.807) is 6.07 Å². The average molecular weight is 268 g/mol. The fraction of sp³-hybridized carbons (Fsp3) is 0.182. The van der Waals surface area contributed by atoms with Crippen LogP contribution in [0.5, 0.6) is 5.75 Å². The second-order valence-corrected chi connectivity index (χ2v) is 4.35. The Labute approximate surface area is 95.2 Å². The zero-order valence-electron chi connectivity index (χ0n) is 8.39. The van der Waals surface area contributed by atoms with Gasteiger partial charge in [0, 0.05) is 11.3 Å². The summed E-state index contributed by atoms with van der Waals surface area (Å²) in [6.45, 7) is 3.32. The number of aromatic hydroxyl groups is 1. The number of phenols is 1. The fourth-order valence-electron chi connectivity index (χ4n) is 1.82. The molecule has 0 fully saturated rings. The summed E-state index contributed by atoms with van der Waals surface area (Å²) in [6, 6.07) is 3.58. The summed E-state index contributed by atoms with van der Waals surface area (Å²) in [6.07, 6.45) is 0. The molecule has 15 heavy (non-hydrogen) atoms. The summed E-state index contributed by atoms with van der Waals surface area (Å²) in [5.41, 5.74) is 2.12. The second kappa shape index (κ2) is 3.38. The Balaban J connectivity index is 2.96. The standard InChI is InChI=1S/C11H10BrNO2/c1-5-9(6(2)14)10-8(13-5)4-3-7(12)11(10)15/h3-4,13,15H,1-2H3. The van der Waals surface area contributed by atoms with Crippen LogP contribution in [-0.4, -0.2) is 15.9 Å². The van der Waals surface area contributed by atoms with Crippen molar-refractivity contribution in [2.24, 2.45) is 0 Å². The number of fused-ring (bicyclic) bond motifs is 1. The molecule has 0 unspecified atom stereocenters. The highest BCUT2D eigenvalue weighted by atomic mass is 79.9. The molecule has 3 nitrogen and oxygen atoms in total. The van der Waals surface area contributed by atoms with Gasteiger partial charge in [-0.1, -0.05) is 0 Å². The molecule has 0 atom stereocenters. The van der Waals surface area contributed by atoms with Crippen LogP contribution in [0.4, 0.5) is 0 Å². The maximum atomic E-state index is 11.5. The average Bonchev–Trinajstić information content (AvgIpc) is 2.49. The third-order valence-electron chi connectivity index (χ3n) is 2.43. The van der Waals surface area contributed by atoms with Crippen LogP contribution in [0, 0.1) is 6.92 Å². The van der Waals surface area contributed by atoms with Gasteiger partial charge < -0.3 is 10.1 Å². The van der Waals surface area contributed by atoms with Gasteiger partial charge in [0.15, 0.2) is 5.78 Å². The van der Waals surface area contributed by atoms with Gasteiger partial charge in [0.2, 0.25) is 0 Å². The van der Waals surface area contributed by atoms with E-state index in [1.165, 1.54) is 6.92 Å². The van der Waals surface area contributed by atoms with Crippen molar-refractivity contribution in [3.05, 3.63) is 27.9 Å². The van der Waals surface area contributed by atoms with Gasteiger partial charge in [-0.25, -0.2) is 0 Å². The molecule has 0 aliphatic heterocycles. The van der Waals surface area contributed by atoms with E-state index in [-0.39, 0.29) is 11.5 Å². The van der Waals surface area contributed by atoms with Crippen LogP contribution in [-0.2, 0) is 0 Å². The number of aromatic amines is 1. The first-order valence-electron chi connectivity index (χ1n) is 4.53. The highest BCUT2D eigenvalue weighted by Gasteiger charge is 2.16. The van der Waals surface area contributed by atoms with Crippen LogP contribution in [0.2, 0.25) is 0 Å². The van der Waals surface area contributed by atoms with Crippen LogP contribution in [0.25, 0.3) is 10.9 Å². The number of Topliss-reactive ketones (excluding diaryl/α,β-unsaturated/α-hetero) is 1. The maximum Gasteiger partial charge on any atom is 0.162 e. The highest BCUT2D eigenvalue weighted by molar-refractivity contribution is 9.10. The predicted molar refractivity (Wildman–Crippen MR) is 62.4 cm³/mol. The molecule has 0 radical (unpaired) electrons. The summed E-state index contributed by atoms with van der Waals surface area (Å²) >= 11 is 3.23. The first kappa shape index (κ1) is 10.2. The van der Waals surface area contributed by atoms with Gasteiger partial charge in [-0.15, -0.1) is 0 Å². The first-order valence-corrected chi connectivity index (χ1v) is 5.32. The molecule has 0 spiro atoms. The largest absolute Gasteiger partial charge is 0.506 e. The number of rotatable bonds is 1. The molecular weight excluding hydrogens is 258 g/mol. The topological polar surface area (TPSA) is 53.1 Å². The second-order valence-electron chi connectivity index (χ2n) is 3.50. The Kier molecular flexibility index (Phi) is 2.31. The summed E-state index contributed by atoms with van der Waals surface area (Å²) in [5, 5.41) is 10.5. The lowest BCUT2D eigenvalue weighted by molar-refractivity contribution is 0.101. The van der Waals surface area contributed by atoms with Gasteiger partial charge in [0.05, 0.1) is 15.4 Å². The monoisotopic (exact) mass is 267 g/mol. The Morgan fingerprint density at radius 2 is 2.13 bits per heavy atom. The highest BCUT2D eigenvalue weighted by Crippen LogP contribution is 2.36. The van der Waals surface area contributed by atoms with E-state index in [0.717, 1.165) is 11.2 Å². The number of phenolic OH excluding ortho intramolecular Hbond substituents is 1. The first-order chi connectivity index (χ1) is 7.02. The van der Waals surface area contributed by atoms with Crippen LogP contribution in [0.3, 0.4) is 0 Å². The molecule has 0 aliphatic rings. The number of hydrogen-bond acceptors (Lipinski definition) is 2. The van der Waals surface area contributed by atoms with E-state index in [2.05, 4.69) is 20.9 Å². The number of carbonyl (C=O) groups is 1. The number of H-pyrrole nitrogens is 1. The van der Waals surface area contributed by atoms with Crippen molar-refractivity contribution in [3.8, 4) is 5.75 Å². The van der Waals surface area contributed by atoms with Gasteiger partial charge in [0.1, 0.15) is 5.75 Å². The van der Waals surface area contributed by atoms with Crippen LogP contribution in [0.1, 0.15) is 23.0 Å². The molecule has 1 aromatic carbocycles. The third kappa shape index (κ3) is 1.45. The van der Waals surface area contributed by atoms with E-state index in [0.29, 0.717) is 15.4 Å². The molecule has 0 bridgehead atoms. The molecule has 0 amide bonds. The van der Waals surface area contributed by atoms with Gasteiger partial charge in [0.25, 0.3) is 0 Å². The lowest BCUT2D eigenvalue weighted by Gasteiger charge is -2.00. The molecule has 2 N–H and O–H groups in total. The number of benzene rings is 1. The molecule has 4 heteroatoms. The molecule has 0 saturated carbocycles. The molecule has 1 aromatic heterocycles. The van der Waals surface area contributed by atoms with Crippen molar-refractivity contribution in [2.75, 3.05) is 0 Å². The Morgan fingerprint density at radius 1 is 1.47 bits per heavy atom. The van der Waals surface area contributed by atoms with Crippen molar-refractivity contribution in [2.45, 2.75) is 13.8 Å². The maximum absolute atomic E-state index is 11.5. The summed E-state index contributed by atoms with van der Waals surface area (Å²) in [7, 11) is 0. The molecule has 78 valence electrons. The van der Waals surface area contributed by atoms with E-state index < -0.39 is 0 Å². The number of carbonyl (C=O) groups excluding carboxylic acids is 1. The van der Waals surface area contributed by atoms with Crippen molar-refractivity contribution in [3.63, 3.8) is 0 Å². The summed E-state index contributed by atoms with van der Waals surface area (Å²) < 4.78 is 0.594. The lowest BCUT2D eigenvalue weighted by atomic mass is 10.1. The Hall–Kier alpha value is -1.29. The number of halogens is 1. The third-order valence-corrected chi connectivity index (χ3v) is 3.07. The zero-order chi connectivity index (χ0) is 11.2. The molecule has 0 saturated heterocycles. The number of aromatic nitrogens is 1. The summed E-state index contributed by atoms with van der Waals surface area (Å²) in [5.74, 6) is 0.0641. The molecular formula is C11H10BrNO2. The van der Waals surface area contributed by atoms with Crippen LogP contribution in [0.15, 0.2) is 16.6 Å².